The lowest BCUT2D eigenvalue weighted by atomic mass is 10.0. The number of ether oxygens (including phenoxy) is 2. The number of hydrogen-bond donors (Lipinski definition) is 0. The summed E-state index contributed by atoms with van der Waals surface area (Å²) in [5.41, 5.74) is 2.39. The molecule has 0 saturated carbocycles. The molecule has 1 heterocycles. The minimum atomic E-state index is -1.15. The van der Waals surface area contributed by atoms with Crippen LogP contribution in [0.2, 0.25) is 0 Å². The van der Waals surface area contributed by atoms with Gasteiger partial charge in [0.25, 0.3) is 0 Å². The third-order valence-electron chi connectivity index (χ3n) is 5.66. The van der Waals surface area contributed by atoms with Gasteiger partial charge in [0.1, 0.15) is 16.9 Å². The van der Waals surface area contributed by atoms with E-state index in [2.05, 4.69) is 19.9 Å². The highest BCUT2D eigenvalue weighted by atomic mass is 32.2. The van der Waals surface area contributed by atoms with Crippen LogP contribution >= 0.6 is 11.8 Å². The number of aryl methyl sites for hydroxylation is 3. The fourth-order valence-electron chi connectivity index (χ4n) is 3.97. The monoisotopic (exact) mass is 522 g/mol. The van der Waals surface area contributed by atoms with Gasteiger partial charge in [-0.1, -0.05) is 19.9 Å². The van der Waals surface area contributed by atoms with Crippen molar-refractivity contribution in [3.63, 3.8) is 0 Å². The molecule has 6 heteroatoms. The van der Waals surface area contributed by atoms with Gasteiger partial charge in [-0.2, -0.15) is 0 Å². The number of carbonyl (C=O) groups excluding carboxylic acids is 2. The molecular weight excluding hydrogens is 484 g/mol. The van der Waals surface area contributed by atoms with Gasteiger partial charge >= 0.3 is 5.97 Å². The molecule has 1 aromatic heterocycles. The molecule has 0 unspecified atom stereocenters. The van der Waals surface area contributed by atoms with Crippen molar-refractivity contribution in [3.05, 3.63) is 64.4 Å². The molecular formula is C31H38O5S. The molecule has 0 bridgehead atoms. The Hall–Kier alpha value is -2.99. The van der Waals surface area contributed by atoms with Crippen LogP contribution in [0.1, 0.15) is 81.3 Å². The van der Waals surface area contributed by atoms with Crippen LogP contribution in [0.5, 0.6) is 5.75 Å². The number of ketones is 1. The number of carbonyl (C=O) groups is 2. The van der Waals surface area contributed by atoms with E-state index in [0.29, 0.717) is 16.8 Å². The van der Waals surface area contributed by atoms with Crippen LogP contribution in [0.15, 0.2) is 45.7 Å². The topological polar surface area (TPSA) is 65.7 Å². The molecule has 0 radical (unpaired) electrons. The van der Waals surface area contributed by atoms with Crippen molar-refractivity contribution in [2.45, 2.75) is 90.6 Å². The average molecular weight is 523 g/mol. The highest BCUT2D eigenvalue weighted by molar-refractivity contribution is 7.99. The molecule has 0 N–H and O–H groups in total. The molecule has 0 atom stereocenters. The van der Waals surface area contributed by atoms with Crippen molar-refractivity contribution in [2.24, 2.45) is 0 Å². The predicted molar refractivity (Wildman–Crippen MR) is 152 cm³/mol. The Morgan fingerprint density at radius 1 is 0.973 bits per heavy atom. The quantitative estimate of drug-likeness (QED) is 0.128. The summed E-state index contributed by atoms with van der Waals surface area (Å²) in [6.07, 6.45) is 3.31. The maximum atomic E-state index is 13.0. The molecule has 0 spiro atoms. The molecule has 0 aliphatic heterocycles. The maximum Gasteiger partial charge on any atom is 0.350 e. The van der Waals surface area contributed by atoms with Crippen molar-refractivity contribution in [1.29, 1.82) is 0 Å². The van der Waals surface area contributed by atoms with Gasteiger partial charge in [-0.25, -0.2) is 4.79 Å². The molecule has 198 valence electrons. The first-order chi connectivity index (χ1) is 17.1. The Kier molecular flexibility index (Phi) is 8.33. The van der Waals surface area contributed by atoms with E-state index in [9.17, 15) is 9.59 Å². The number of allylic oxidation sites excluding steroid dienone is 1. The van der Waals surface area contributed by atoms with Crippen LogP contribution < -0.4 is 4.74 Å². The summed E-state index contributed by atoms with van der Waals surface area (Å²) in [4.78, 5) is 26.8. The molecule has 0 fully saturated rings. The second kappa shape index (κ2) is 10.8. The summed E-state index contributed by atoms with van der Waals surface area (Å²) >= 11 is 1.76. The number of benzene rings is 2. The van der Waals surface area contributed by atoms with E-state index in [0.717, 1.165) is 38.1 Å². The van der Waals surface area contributed by atoms with E-state index in [1.807, 2.05) is 65.8 Å². The van der Waals surface area contributed by atoms with Crippen LogP contribution in [0, 0.1) is 20.8 Å². The van der Waals surface area contributed by atoms with Crippen LogP contribution in [0.25, 0.3) is 17.0 Å². The number of hydrogen-bond acceptors (Lipinski definition) is 6. The largest absolute Gasteiger partial charge is 0.476 e. The fraction of sp³-hybridized carbons (Fsp3) is 0.419. The smallest absolute Gasteiger partial charge is 0.350 e. The van der Waals surface area contributed by atoms with Crippen molar-refractivity contribution in [3.8, 4) is 5.75 Å². The lowest BCUT2D eigenvalue weighted by molar-refractivity contribution is -0.171. The molecule has 0 amide bonds. The molecule has 0 aliphatic carbocycles. The predicted octanol–water partition coefficient (Wildman–Crippen LogP) is 8.25. The van der Waals surface area contributed by atoms with E-state index < -0.39 is 17.2 Å². The first-order valence-electron chi connectivity index (χ1n) is 12.5. The molecule has 0 saturated heterocycles. The molecule has 37 heavy (non-hydrogen) atoms. The first-order valence-corrected chi connectivity index (χ1v) is 13.4. The van der Waals surface area contributed by atoms with Gasteiger partial charge in [-0.05, 0) is 108 Å². The Balaban J connectivity index is 1.81. The highest BCUT2D eigenvalue weighted by Gasteiger charge is 2.35. The van der Waals surface area contributed by atoms with Gasteiger partial charge in [0.2, 0.25) is 5.78 Å². The van der Waals surface area contributed by atoms with Gasteiger partial charge in [-0.15, -0.1) is 11.8 Å². The zero-order valence-electron chi connectivity index (χ0n) is 23.6. The van der Waals surface area contributed by atoms with E-state index >= 15 is 0 Å². The third kappa shape index (κ3) is 7.07. The van der Waals surface area contributed by atoms with E-state index in [-0.39, 0.29) is 5.78 Å². The molecule has 2 aromatic carbocycles. The van der Waals surface area contributed by atoms with E-state index in [1.54, 1.807) is 31.7 Å². The number of furan rings is 1. The van der Waals surface area contributed by atoms with Gasteiger partial charge in [-0.3, -0.25) is 4.79 Å². The van der Waals surface area contributed by atoms with Crippen LogP contribution in [0.3, 0.4) is 0 Å². The second-order valence-corrected chi connectivity index (χ2v) is 12.8. The Morgan fingerprint density at radius 3 is 2.16 bits per heavy atom. The summed E-state index contributed by atoms with van der Waals surface area (Å²) in [6.45, 7) is 18.9. The van der Waals surface area contributed by atoms with E-state index in [1.165, 1.54) is 6.08 Å². The van der Waals surface area contributed by atoms with Gasteiger partial charge in [0.05, 0.1) is 0 Å². The Labute approximate surface area is 224 Å². The molecule has 0 aliphatic rings. The molecule has 5 nitrogen and oxygen atoms in total. The first kappa shape index (κ1) is 28.6. The van der Waals surface area contributed by atoms with Crippen molar-refractivity contribution >= 4 is 40.6 Å². The van der Waals surface area contributed by atoms with Gasteiger partial charge in [0.15, 0.2) is 11.4 Å². The summed E-state index contributed by atoms with van der Waals surface area (Å²) < 4.78 is 17.6. The zero-order chi connectivity index (χ0) is 27.7. The molecule has 3 aromatic rings. The summed E-state index contributed by atoms with van der Waals surface area (Å²) in [6, 6.07) is 9.94. The van der Waals surface area contributed by atoms with E-state index in [4.69, 9.17) is 13.9 Å². The fourth-order valence-corrected chi connectivity index (χ4v) is 4.84. The second-order valence-electron chi connectivity index (χ2n) is 11.2. The number of thioether (sulfide) groups is 1. The van der Waals surface area contributed by atoms with Crippen LogP contribution in [0.4, 0.5) is 0 Å². The van der Waals surface area contributed by atoms with Gasteiger partial charge < -0.3 is 13.9 Å². The average Bonchev–Trinajstić information content (AvgIpc) is 3.09. The normalized spacial score (nSPS) is 12.5. The Bertz CT molecular complexity index is 1330. The number of esters is 1. The third-order valence-corrected chi connectivity index (χ3v) is 6.66. The van der Waals surface area contributed by atoms with Crippen molar-refractivity contribution < 1.29 is 23.5 Å². The Morgan fingerprint density at radius 2 is 1.59 bits per heavy atom. The highest BCUT2D eigenvalue weighted by Crippen LogP contribution is 2.33. The van der Waals surface area contributed by atoms with Crippen LogP contribution in [-0.2, 0) is 9.53 Å². The summed E-state index contributed by atoms with van der Waals surface area (Å²) in [5, 5.41) is 1.41. The van der Waals surface area contributed by atoms with Crippen molar-refractivity contribution in [2.75, 3.05) is 0 Å². The minimum Gasteiger partial charge on any atom is -0.476 e. The zero-order valence-corrected chi connectivity index (χ0v) is 24.4. The van der Waals surface area contributed by atoms with Crippen LogP contribution in [-0.4, -0.2) is 28.2 Å². The standard InChI is InChI=1S/C31H38O5S/c1-18(2)37-23-12-13-24-21(5)28(34-26(24)17-23)25(32)14-11-22-15-19(3)27(20(4)16-22)35-31(9,10)29(33)36-30(6,7)8/h11-18H,1-10H3/b14-11+. The lowest BCUT2D eigenvalue weighted by Crippen LogP contribution is -2.43. The SMILES string of the molecule is Cc1cc(/C=C/C(=O)c2oc3cc(SC(C)C)ccc3c2C)cc(C)c1OC(C)(C)C(=O)OC(C)(C)C. The maximum absolute atomic E-state index is 13.0. The summed E-state index contributed by atoms with van der Waals surface area (Å²) in [5.74, 6) is 0.367. The number of rotatable bonds is 8. The lowest BCUT2D eigenvalue weighted by Gasteiger charge is -2.30. The van der Waals surface area contributed by atoms with Gasteiger partial charge in [0, 0.05) is 21.1 Å². The molecule has 3 rings (SSSR count). The van der Waals surface area contributed by atoms with Crippen molar-refractivity contribution in [1.82, 2.24) is 0 Å². The number of fused-ring (bicyclic) bond motifs is 1. The summed E-state index contributed by atoms with van der Waals surface area (Å²) in [7, 11) is 0. The minimum absolute atomic E-state index is 0.187.